The Labute approximate surface area is 212 Å². The maximum Gasteiger partial charge on any atom is 0.228 e. The Bertz CT molecular complexity index is 1250. The van der Waals surface area contributed by atoms with E-state index in [2.05, 4.69) is 34.9 Å². The van der Waals surface area contributed by atoms with Crippen LogP contribution in [-0.2, 0) is 11.2 Å². The largest absolute Gasteiger partial charge is 0.497 e. The van der Waals surface area contributed by atoms with Gasteiger partial charge >= 0.3 is 0 Å². The van der Waals surface area contributed by atoms with Crippen LogP contribution in [0.1, 0.15) is 35.1 Å². The Morgan fingerprint density at radius 3 is 2.42 bits per heavy atom. The second kappa shape index (κ2) is 11.3. The second-order valence-electron chi connectivity index (χ2n) is 9.29. The highest BCUT2D eigenvalue weighted by atomic mass is 16.5. The zero-order chi connectivity index (χ0) is 24.7. The van der Waals surface area contributed by atoms with Gasteiger partial charge in [0.1, 0.15) is 17.3 Å². The van der Waals surface area contributed by atoms with Crippen molar-refractivity contribution in [2.24, 2.45) is 0 Å². The van der Waals surface area contributed by atoms with Gasteiger partial charge in [0.05, 0.1) is 13.0 Å². The molecule has 1 aliphatic rings. The molecule has 5 heteroatoms. The minimum Gasteiger partial charge on any atom is -0.497 e. The minimum atomic E-state index is -0.378. The molecule has 0 radical (unpaired) electrons. The lowest BCUT2D eigenvalue weighted by Crippen LogP contribution is -2.49. The number of benzene rings is 3. The fraction of sp³-hybridized carbons (Fsp3) is 0.258. The summed E-state index contributed by atoms with van der Waals surface area (Å²) in [5.41, 5.74) is 3.21. The first-order valence-corrected chi connectivity index (χ1v) is 12.6. The van der Waals surface area contributed by atoms with Crippen molar-refractivity contribution in [2.45, 2.75) is 30.7 Å². The topological polar surface area (TPSA) is 63.5 Å². The number of nitrogens with one attached hydrogen (secondary N) is 2. The average molecular weight is 481 g/mol. The molecular formula is C31H32N2O3. The highest BCUT2D eigenvalue weighted by Gasteiger charge is 2.31. The molecule has 0 bridgehead atoms. The van der Waals surface area contributed by atoms with Crippen molar-refractivity contribution in [2.75, 3.05) is 20.2 Å². The molecule has 1 aliphatic heterocycles. The van der Waals surface area contributed by atoms with E-state index < -0.39 is 0 Å². The number of carbonyl (C=O) groups excluding carboxylic acids is 1. The van der Waals surface area contributed by atoms with E-state index in [1.165, 1.54) is 5.56 Å². The van der Waals surface area contributed by atoms with Crippen molar-refractivity contribution >= 4 is 5.91 Å². The van der Waals surface area contributed by atoms with Gasteiger partial charge in [0.25, 0.3) is 0 Å². The highest BCUT2D eigenvalue weighted by molar-refractivity contribution is 5.84. The molecule has 3 atom stereocenters. The molecule has 5 rings (SSSR count). The number of hydrogen-bond donors (Lipinski definition) is 2. The van der Waals surface area contributed by atoms with E-state index in [-0.39, 0.29) is 23.8 Å². The van der Waals surface area contributed by atoms with Crippen molar-refractivity contribution in [3.05, 3.63) is 114 Å². The van der Waals surface area contributed by atoms with Crippen LogP contribution in [0.2, 0.25) is 0 Å². The number of ether oxygens (including phenoxy) is 1. The number of methoxy groups -OCH3 is 1. The van der Waals surface area contributed by atoms with Gasteiger partial charge in [-0.05, 0) is 48.4 Å². The fourth-order valence-electron chi connectivity index (χ4n) is 5.01. The van der Waals surface area contributed by atoms with Gasteiger partial charge in [-0.1, -0.05) is 72.8 Å². The summed E-state index contributed by atoms with van der Waals surface area (Å²) in [6, 6.07) is 32.2. The Morgan fingerprint density at radius 1 is 0.972 bits per heavy atom. The molecule has 2 N–H and O–H groups in total. The molecule has 184 valence electrons. The summed E-state index contributed by atoms with van der Waals surface area (Å²) in [6.07, 6.45) is 1.37. The summed E-state index contributed by atoms with van der Waals surface area (Å²) in [5, 5.41) is 6.89. The summed E-state index contributed by atoms with van der Waals surface area (Å²) in [5.74, 6) is 2.23. The van der Waals surface area contributed by atoms with E-state index in [1.807, 2.05) is 72.8 Å². The Morgan fingerprint density at radius 2 is 1.69 bits per heavy atom. The third-order valence-electron chi connectivity index (χ3n) is 7.00. The Kier molecular flexibility index (Phi) is 7.48. The van der Waals surface area contributed by atoms with Crippen LogP contribution in [-0.4, -0.2) is 32.1 Å². The number of amides is 1. The summed E-state index contributed by atoms with van der Waals surface area (Å²) in [7, 11) is 1.65. The third kappa shape index (κ3) is 5.52. The molecule has 1 saturated heterocycles. The van der Waals surface area contributed by atoms with Crippen LogP contribution in [0.25, 0.3) is 11.3 Å². The minimum absolute atomic E-state index is 0.0191. The van der Waals surface area contributed by atoms with Gasteiger partial charge in [-0.2, -0.15) is 0 Å². The van der Waals surface area contributed by atoms with Crippen LogP contribution in [0.3, 0.4) is 0 Å². The van der Waals surface area contributed by atoms with E-state index in [1.54, 1.807) is 7.11 Å². The predicted molar refractivity (Wildman–Crippen MR) is 142 cm³/mol. The van der Waals surface area contributed by atoms with Crippen molar-refractivity contribution < 1.29 is 13.9 Å². The zero-order valence-corrected chi connectivity index (χ0v) is 20.5. The molecule has 1 amide bonds. The number of rotatable bonds is 8. The molecule has 3 aromatic carbocycles. The number of hydrogen-bond acceptors (Lipinski definition) is 4. The first kappa shape index (κ1) is 23.9. The molecule has 5 nitrogen and oxygen atoms in total. The van der Waals surface area contributed by atoms with Crippen molar-refractivity contribution in [3.63, 3.8) is 0 Å². The van der Waals surface area contributed by atoms with E-state index >= 15 is 0 Å². The van der Waals surface area contributed by atoms with Crippen molar-refractivity contribution in [1.82, 2.24) is 10.6 Å². The average Bonchev–Trinajstić information content (AvgIpc) is 3.42. The lowest BCUT2D eigenvalue weighted by molar-refractivity contribution is -0.123. The van der Waals surface area contributed by atoms with Gasteiger partial charge in [-0.25, -0.2) is 0 Å². The summed E-state index contributed by atoms with van der Waals surface area (Å²) < 4.78 is 11.5. The summed E-state index contributed by atoms with van der Waals surface area (Å²) in [6.45, 7) is 1.74. The molecule has 36 heavy (non-hydrogen) atoms. The molecule has 3 unspecified atom stereocenters. The highest BCUT2D eigenvalue weighted by Crippen LogP contribution is 2.29. The van der Waals surface area contributed by atoms with Crippen LogP contribution in [0, 0.1) is 0 Å². The maximum atomic E-state index is 13.8. The van der Waals surface area contributed by atoms with E-state index in [0.29, 0.717) is 6.42 Å². The summed E-state index contributed by atoms with van der Waals surface area (Å²) >= 11 is 0. The SMILES string of the molecule is COc1ccc(C(Cc2ccc(-c3ccccc3)o2)C(=O)NC2CCNCC2c2ccccc2)cc1. The lowest BCUT2D eigenvalue weighted by atomic mass is 9.85. The van der Waals surface area contributed by atoms with Gasteiger partial charge in [0, 0.05) is 30.5 Å². The quantitative estimate of drug-likeness (QED) is 0.347. The van der Waals surface area contributed by atoms with Crippen LogP contribution >= 0.6 is 0 Å². The van der Waals surface area contributed by atoms with E-state index in [0.717, 1.165) is 47.9 Å². The van der Waals surface area contributed by atoms with Gasteiger partial charge in [-0.3, -0.25) is 4.79 Å². The van der Waals surface area contributed by atoms with Crippen LogP contribution < -0.4 is 15.4 Å². The molecule has 0 saturated carbocycles. The lowest BCUT2D eigenvalue weighted by Gasteiger charge is -2.34. The predicted octanol–water partition coefficient (Wildman–Crippen LogP) is 5.54. The normalized spacial score (nSPS) is 18.4. The van der Waals surface area contributed by atoms with E-state index in [4.69, 9.17) is 9.15 Å². The number of furan rings is 1. The number of piperidine rings is 1. The first-order chi connectivity index (χ1) is 17.7. The molecule has 4 aromatic rings. The monoisotopic (exact) mass is 480 g/mol. The van der Waals surface area contributed by atoms with Gasteiger partial charge in [0.15, 0.2) is 0 Å². The first-order valence-electron chi connectivity index (χ1n) is 12.6. The molecule has 2 heterocycles. The molecule has 1 fully saturated rings. The Balaban J connectivity index is 1.39. The molecular weight excluding hydrogens is 448 g/mol. The smallest absolute Gasteiger partial charge is 0.228 e. The number of carbonyl (C=O) groups is 1. The van der Waals surface area contributed by atoms with Gasteiger partial charge in [0.2, 0.25) is 5.91 Å². The maximum absolute atomic E-state index is 13.8. The second-order valence-corrected chi connectivity index (χ2v) is 9.29. The van der Waals surface area contributed by atoms with Gasteiger partial charge < -0.3 is 19.8 Å². The standard InChI is InChI=1S/C31H32N2O3/c1-35-25-14-12-23(13-15-25)27(20-26-16-17-30(36-26)24-10-6-3-7-11-24)31(34)33-29-18-19-32-21-28(29)22-8-4-2-5-9-22/h2-17,27-29,32H,18-21H2,1H3,(H,33,34). The van der Waals surface area contributed by atoms with Crippen LogP contribution in [0.5, 0.6) is 5.75 Å². The summed E-state index contributed by atoms with van der Waals surface area (Å²) in [4.78, 5) is 13.8. The molecule has 1 aromatic heterocycles. The third-order valence-corrected chi connectivity index (χ3v) is 7.00. The van der Waals surface area contributed by atoms with Crippen molar-refractivity contribution in [3.8, 4) is 17.1 Å². The van der Waals surface area contributed by atoms with E-state index in [9.17, 15) is 4.79 Å². The van der Waals surface area contributed by atoms with Gasteiger partial charge in [-0.15, -0.1) is 0 Å². The Hall–Kier alpha value is -3.83. The van der Waals surface area contributed by atoms with Crippen LogP contribution in [0.4, 0.5) is 0 Å². The molecule has 0 spiro atoms. The zero-order valence-electron chi connectivity index (χ0n) is 20.5. The fourth-order valence-corrected chi connectivity index (χ4v) is 5.01. The molecule has 0 aliphatic carbocycles. The van der Waals surface area contributed by atoms with Crippen molar-refractivity contribution in [1.29, 1.82) is 0 Å². The van der Waals surface area contributed by atoms with Crippen LogP contribution in [0.15, 0.2) is 101 Å².